The van der Waals surface area contributed by atoms with E-state index in [1.807, 2.05) is 30.3 Å². The third kappa shape index (κ3) is 4.10. The van der Waals surface area contributed by atoms with Crippen LogP contribution < -0.4 is 9.64 Å². The molecule has 0 atom stereocenters. The van der Waals surface area contributed by atoms with E-state index in [-0.39, 0.29) is 12.5 Å². The summed E-state index contributed by atoms with van der Waals surface area (Å²) < 4.78 is 10.2. The summed E-state index contributed by atoms with van der Waals surface area (Å²) in [5.74, 6) is -0.158. The lowest BCUT2D eigenvalue weighted by molar-refractivity contribution is -0.121. The molecule has 23 heavy (non-hydrogen) atoms. The SMILES string of the molecule is COc1ccc(C(=O)OCC(=O)N(C)c2ccccc2)c(C)c1. The minimum atomic E-state index is -0.528. The minimum Gasteiger partial charge on any atom is -0.497 e. The van der Waals surface area contributed by atoms with Gasteiger partial charge in [-0.05, 0) is 42.8 Å². The molecule has 2 aromatic rings. The molecule has 0 bridgehead atoms. The normalized spacial score (nSPS) is 10.0. The summed E-state index contributed by atoms with van der Waals surface area (Å²) >= 11 is 0. The van der Waals surface area contributed by atoms with Crippen LogP contribution >= 0.6 is 0 Å². The van der Waals surface area contributed by atoms with Gasteiger partial charge in [0.2, 0.25) is 0 Å². The molecule has 2 aromatic carbocycles. The van der Waals surface area contributed by atoms with Crippen molar-refractivity contribution in [2.45, 2.75) is 6.92 Å². The van der Waals surface area contributed by atoms with Crippen molar-refractivity contribution < 1.29 is 19.1 Å². The highest BCUT2D eigenvalue weighted by molar-refractivity contribution is 5.97. The highest BCUT2D eigenvalue weighted by Gasteiger charge is 2.16. The van der Waals surface area contributed by atoms with Gasteiger partial charge in [0.1, 0.15) is 5.75 Å². The Balaban J connectivity index is 1.97. The van der Waals surface area contributed by atoms with Crippen molar-refractivity contribution in [3.8, 4) is 5.75 Å². The molecule has 0 unspecified atom stereocenters. The van der Waals surface area contributed by atoms with Crippen LogP contribution in [0.4, 0.5) is 5.69 Å². The van der Waals surface area contributed by atoms with Crippen molar-refractivity contribution in [1.29, 1.82) is 0 Å². The number of nitrogens with zero attached hydrogens (tertiary/aromatic N) is 1. The van der Waals surface area contributed by atoms with Gasteiger partial charge >= 0.3 is 5.97 Å². The molecule has 5 heteroatoms. The fourth-order valence-electron chi connectivity index (χ4n) is 2.09. The van der Waals surface area contributed by atoms with Crippen molar-refractivity contribution in [1.82, 2.24) is 0 Å². The molecule has 0 N–H and O–H groups in total. The fraction of sp³-hybridized carbons (Fsp3) is 0.222. The standard InChI is InChI=1S/C18H19NO4/c1-13-11-15(22-3)9-10-16(13)18(21)23-12-17(20)19(2)14-7-5-4-6-8-14/h4-11H,12H2,1-3H3. The lowest BCUT2D eigenvalue weighted by Gasteiger charge is -2.17. The first-order valence-corrected chi connectivity index (χ1v) is 7.16. The Hall–Kier alpha value is -2.82. The number of ether oxygens (including phenoxy) is 2. The van der Waals surface area contributed by atoms with Crippen LogP contribution in [0.5, 0.6) is 5.75 Å². The van der Waals surface area contributed by atoms with Gasteiger partial charge in [-0.3, -0.25) is 4.79 Å². The van der Waals surface area contributed by atoms with E-state index >= 15 is 0 Å². The largest absolute Gasteiger partial charge is 0.497 e. The average molecular weight is 313 g/mol. The molecule has 0 fully saturated rings. The number of rotatable bonds is 5. The molecular formula is C18H19NO4. The second-order valence-electron chi connectivity index (χ2n) is 5.05. The topological polar surface area (TPSA) is 55.8 Å². The van der Waals surface area contributed by atoms with E-state index in [4.69, 9.17) is 9.47 Å². The van der Waals surface area contributed by atoms with E-state index in [1.165, 1.54) is 4.90 Å². The smallest absolute Gasteiger partial charge is 0.338 e. The van der Waals surface area contributed by atoms with Gasteiger partial charge in [0, 0.05) is 12.7 Å². The van der Waals surface area contributed by atoms with Gasteiger partial charge < -0.3 is 14.4 Å². The quantitative estimate of drug-likeness (QED) is 0.797. The number of methoxy groups -OCH3 is 1. The second kappa shape index (κ2) is 7.45. The van der Waals surface area contributed by atoms with Crippen molar-refractivity contribution in [3.05, 3.63) is 59.7 Å². The molecule has 0 aliphatic heterocycles. The Bertz CT molecular complexity index is 697. The van der Waals surface area contributed by atoms with Crippen LogP contribution in [0.1, 0.15) is 15.9 Å². The Morgan fingerprint density at radius 3 is 2.39 bits per heavy atom. The van der Waals surface area contributed by atoms with Gasteiger partial charge in [0.05, 0.1) is 12.7 Å². The molecule has 0 saturated carbocycles. The first kappa shape index (κ1) is 16.5. The third-order valence-corrected chi connectivity index (χ3v) is 3.50. The molecule has 0 aliphatic carbocycles. The summed E-state index contributed by atoms with van der Waals surface area (Å²) in [6, 6.07) is 14.2. The minimum absolute atomic E-state index is 0.296. The van der Waals surface area contributed by atoms with Crippen LogP contribution in [0.15, 0.2) is 48.5 Å². The van der Waals surface area contributed by atoms with Gasteiger partial charge in [-0.2, -0.15) is 0 Å². The number of anilines is 1. The van der Waals surface area contributed by atoms with Crippen molar-refractivity contribution in [2.24, 2.45) is 0 Å². The number of carbonyl (C=O) groups excluding carboxylic acids is 2. The van der Waals surface area contributed by atoms with Crippen LogP contribution in [0.2, 0.25) is 0 Å². The van der Waals surface area contributed by atoms with E-state index in [0.29, 0.717) is 11.3 Å². The molecular weight excluding hydrogens is 294 g/mol. The highest BCUT2D eigenvalue weighted by Crippen LogP contribution is 2.18. The third-order valence-electron chi connectivity index (χ3n) is 3.50. The van der Waals surface area contributed by atoms with Gasteiger partial charge in [-0.15, -0.1) is 0 Å². The zero-order valence-corrected chi connectivity index (χ0v) is 13.4. The number of amides is 1. The number of benzene rings is 2. The second-order valence-corrected chi connectivity index (χ2v) is 5.05. The first-order chi connectivity index (χ1) is 11.0. The van der Waals surface area contributed by atoms with Crippen molar-refractivity contribution in [3.63, 3.8) is 0 Å². The van der Waals surface area contributed by atoms with E-state index < -0.39 is 5.97 Å². The Morgan fingerprint density at radius 1 is 1.09 bits per heavy atom. The summed E-state index contributed by atoms with van der Waals surface area (Å²) in [6.45, 7) is 1.48. The lowest BCUT2D eigenvalue weighted by atomic mass is 10.1. The van der Waals surface area contributed by atoms with Crippen LogP contribution in [0.25, 0.3) is 0 Å². The molecule has 120 valence electrons. The molecule has 0 aliphatic rings. The number of para-hydroxylation sites is 1. The Labute approximate surface area is 135 Å². The maximum absolute atomic E-state index is 12.1. The van der Waals surface area contributed by atoms with E-state index in [9.17, 15) is 9.59 Å². The van der Waals surface area contributed by atoms with Crippen molar-refractivity contribution >= 4 is 17.6 Å². The molecule has 1 amide bonds. The molecule has 0 radical (unpaired) electrons. The monoisotopic (exact) mass is 313 g/mol. The predicted octanol–water partition coefficient (Wildman–Crippen LogP) is 2.82. The lowest BCUT2D eigenvalue weighted by Crippen LogP contribution is -2.31. The van der Waals surface area contributed by atoms with Crippen molar-refractivity contribution in [2.75, 3.05) is 25.7 Å². The van der Waals surface area contributed by atoms with Crippen LogP contribution in [-0.2, 0) is 9.53 Å². The van der Waals surface area contributed by atoms with E-state index in [0.717, 1.165) is 11.3 Å². The predicted molar refractivity (Wildman–Crippen MR) is 87.9 cm³/mol. The van der Waals surface area contributed by atoms with E-state index in [1.54, 1.807) is 39.3 Å². The number of hydrogen-bond acceptors (Lipinski definition) is 4. The fourth-order valence-corrected chi connectivity index (χ4v) is 2.09. The molecule has 0 spiro atoms. The maximum atomic E-state index is 12.1. The van der Waals surface area contributed by atoms with Gasteiger partial charge in [0.15, 0.2) is 6.61 Å². The highest BCUT2D eigenvalue weighted by atomic mass is 16.5. The molecule has 0 aromatic heterocycles. The zero-order valence-electron chi connectivity index (χ0n) is 13.4. The van der Waals surface area contributed by atoms with Gasteiger partial charge in [-0.1, -0.05) is 18.2 Å². The van der Waals surface area contributed by atoms with Crippen LogP contribution in [-0.4, -0.2) is 32.6 Å². The number of carbonyl (C=O) groups is 2. The summed E-state index contributed by atoms with van der Waals surface area (Å²) in [7, 11) is 3.20. The Kier molecular flexibility index (Phi) is 5.36. The summed E-state index contributed by atoms with van der Waals surface area (Å²) in [4.78, 5) is 25.6. The molecule has 5 nitrogen and oxygen atoms in total. The Morgan fingerprint density at radius 2 is 1.78 bits per heavy atom. The van der Waals surface area contributed by atoms with Gasteiger partial charge in [-0.25, -0.2) is 4.79 Å². The summed E-state index contributed by atoms with van der Waals surface area (Å²) in [5, 5.41) is 0. The van der Waals surface area contributed by atoms with Crippen LogP contribution in [0, 0.1) is 6.92 Å². The van der Waals surface area contributed by atoms with Crippen LogP contribution in [0.3, 0.4) is 0 Å². The maximum Gasteiger partial charge on any atom is 0.338 e. The summed E-state index contributed by atoms with van der Waals surface area (Å²) in [5.41, 5.74) is 1.90. The number of aryl methyl sites for hydroxylation is 1. The zero-order chi connectivity index (χ0) is 16.8. The van der Waals surface area contributed by atoms with E-state index in [2.05, 4.69) is 0 Å². The average Bonchev–Trinajstić information content (AvgIpc) is 2.59. The molecule has 2 rings (SSSR count). The number of hydrogen-bond donors (Lipinski definition) is 0. The number of likely N-dealkylation sites (N-methyl/N-ethyl adjacent to an activating group) is 1. The molecule has 0 saturated heterocycles. The number of esters is 1. The van der Waals surface area contributed by atoms with Gasteiger partial charge in [0.25, 0.3) is 5.91 Å². The molecule has 0 heterocycles. The first-order valence-electron chi connectivity index (χ1n) is 7.16. The summed E-state index contributed by atoms with van der Waals surface area (Å²) in [6.07, 6.45) is 0.